The lowest BCUT2D eigenvalue weighted by Crippen LogP contribution is -2.45. The van der Waals surface area contributed by atoms with Gasteiger partial charge in [-0.1, -0.05) is 39.0 Å². The number of fused-ring (bicyclic) bond motifs is 1. The highest BCUT2D eigenvalue weighted by Gasteiger charge is 2.27. The Morgan fingerprint density at radius 1 is 1.23 bits per heavy atom. The molecule has 2 aromatic heterocycles. The summed E-state index contributed by atoms with van der Waals surface area (Å²) in [4.78, 5) is 24.7. The van der Waals surface area contributed by atoms with Gasteiger partial charge in [-0.05, 0) is 35.2 Å². The van der Waals surface area contributed by atoms with Crippen LogP contribution in [0.3, 0.4) is 0 Å². The van der Waals surface area contributed by atoms with E-state index < -0.39 is 6.04 Å². The van der Waals surface area contributed by atoms with E-state index in [0.717, 1.165) is 5.56 Å². The highest BCUT2D eigenvalue weighted by atomic mass is 16.2. The Morgan fingerprint density at radius 2 is 2.00 bits per heavy atom. The van der Waals surface area contributed by atoms with Crippen molar-refractivity contribution in [3.8, 4) is 0 Å². The van der Waals surface area contributed by atoms with Crippen molar-refractivity contribution in [3.63, 3.8) is 0 Å². The van der Waals surface area contributed by atoms with Crippen LogP contribution in [0.2, 0.25) is 0 Å². The molecule has 136 valence electrons. The molecule has 3 N–H and O–H groups in total. The summed E-state index contributed by atoms with van der Waals surface area (Å²) in [5.74, 6) is -0.237. The number of carbonyl (C=O) groups excluding carboxylic acids is 1. The Hall–Kier alpha value is -2.93. The molecule has 7 nitrogen and oxygen atoms in total. The van der Waals surface area contributed by atoms with Gasteiger partial charge in [0.25, 0.3) is 0 Å². The number of amides is 1. The number of benzene rings is 1. The van der Waals surface area contributed by atoms with Crippen molar-refractivity contribution in [2.24, 2.45) is 11.1 Å². The first kappa shape index (κ1) is 17.9. The quantitative estimate of drug-likeness (QED) is 0.748. The van der Waals surface area contributed by atoms with E-state index in [1.165, 1.54) is 9.08 Å². The Balaban J connectivity index is 1.80. The van der Waals surface area contributed by atoms with Gasteiger partial charge in [-0.25, -0.2) is 9.48 Å². The van der Waals surface area contributed by atoms with Crippen LogP contribution in [-0.4, -0.2) is 26.1 Å². The van der Waals surface area contributed by atoms with Gasteiger partial charge in [-0.15, -0.1) is 5.10 Å². The van der Waals surface area contributed by atoms with Crippen molar-refractivity contribution in [1.29, 1.82) is 0 Å². The highest BCUT2D eigenvalue weighted by Crippen LogP contribution is 2.19. The van der Waals surface area contributed by atoms with Crippen LogP contribution in [0.15, 0.2) is 53.5 Å². The largest absolute Gasteiger partial charge is 0.350 e. The monoisotopic (exact) mass is 353 g/mol. The molecule has 26 heavy (non-hydrogen) atoms. The van der Waals surface area contributed by atoms with Gasteiger partial charge >= 0.3 is 5.69 Å². The third-order valence-corrected chi connectivity index (χ3v) is 4.23. The Morgan fingerprint density at radius 3 is 2.69 bits per heavy atom. The number of nitrogens with two attached hydrogens (primary N) is 1. The van der Waals surface area contributed by atoms with Crippen LogP contribution in [0.5, 0.6) is 0 Å². The van der Waals surface area contributed by atoms with Gasteiger partial charge < -0.3 is 11.1 Å². The Kier molecular flexibility index (Phi) is 4.65. The van der Waals surface area contributed by atoms with E-state index in [9.17, 15) is 9.59 Å². The summed E-state index contributed by atoms with van der Waals surface area (Å²) in [6.07, 6.45) is 1.69. The van der Waals surface area contributed by atoms with Crippen LogP contribution >= 0.6 is 0 Å². The Bertz CT molecular complexity index is 997. The average Bonchev–Trinajstić information content (AvgIpc) is 2.90. The summed E-state index contributed by atoms with van der Waals surface area (Å²) in [6, 6.07) is 12.1. The molecular formula is C19H23N5O2. The molecule has 2 heterocycles. The van der Waals surface area contributed by atoms with Gasteiger partial charge in [0.15, 0.2) is 5.65 Å². The molecule has 0 bridgehead atoms. The molecule has 1 atom stereocenters. The first-order valence-electron chi connectivity index (χ1n) is 8.45. The van der Waals surface area contributed by atoms with Crippen molar-refractivity contribution < 1.29 is 4.79 Å². The van der Waals surface area contributed by atoms with Gasteiger partial charge in [0, 0.05) is 11.9 Å². The van der Waals surface area contributed by atoms with Crippen molar-refractivity contribution in [1.82, 2.24) is 14.2 Å². The van der Waals surface area contributed by atoms with Crippen LogP contribution in [-0.2, 0) is 11.3 Å². The molecule has 1 aromatic carbocycles. The molecule has 0 aliphatic heterocycles. The summed E-state index contributed by atoms with van der Waals surface area (Å²) < 4.78 is 2.89. The molecular weight excluding hydrogens is 330 g/mol. The van der Waals surface area contributed by atoms with Gasteiger partial charge in [0.05, 0.1) is 12.6 Å². The van der Waals surface area contributed by atoms with E-state index in [1.807, 2.05) is 45.0 Å². The molecule has 0 unspecified atom stereocenters. The second-order valence-corrected chi connectivity index (χ2v) is 7.40. The van der Waals surface area contributed by atoms with Crippen LogP contribution < -0.4 is 16.7 Å². The lowest BCUT2D eigenvalue weighted by atomic mass is 9.87. The minimum absolute atomic E-state index is 0.204. The topological polar surface area (TPSA) is 94.4 Å². The van der Waals surface area contributed by atoms with Gasteiger partial charge in [-0.3, -0.25) is 9.20 Å². The van der Waals surface area contributed by atoms with Crippen molar-refractivity contribution in [3.05, 3.63) is 64.7 Å². The fourth-order valence-corrected chi connectivity index (χ4v) is 2.60. The number of anilines is 1. The van der Waals surface area contributed by atoms with Gasteiger partial charge in [0.2, 0.25) is 5.91 Å². The molecule has 0 aliphatic carbocycles. The van der Waals surface area contributed by atoms with E-state index in [2.05, 4.69) is 10.4 Å². The van der Waals surface area contributed by atoms with E-state index in [4.69, 9.17) is 5.73 Å². The fraction of sp³-hybridized carbons (Fsp3) is 0.316. The maximum absolute atomic E-state index is 12.4. The van der Waals surface area contributed by atoms with Gasteiger partial charge in [-0.2, -0.15) is 0 Å². The standard InChI is InChI=1S/C19H23N5O2/c1-19(2,3)16(20)17(25)21-14-8-6-7-13(11-14)12-24-18(26)23-10-5-4-9-15(23)22-24/h4-11,16H,12,20H2,1-3H3,(H,21,25)/t16-/m1/s1. The maximum atomic E-state index is 12.4. The smallest absolute Gasteiger partial charge is 0.325 e. The molecule has 3 aromatic rings. The number of pyridine rings is 1. The van der Waals surface area contributed by atoms with Gasteiger partial charge in [0.1, 0.15) is 0 Å². The number of hydrogen-bond donors (Lipinski definition) is 2. The lowest BCUT2D eigenvalue weighted by Gasteiger charge is -2.25. The predicted octanol–water partition coefficient (Wildman–Crippen LogP) is 1.86. The molecule has 3 rings (SSSR count). The first-order chi connectivity index (χ1) is 12.3. The zero-order chi connectivity index (χ0) is 18.9. The van der Waals surface area contributed by atoms with Crippen LogP contribution in [0.4, 0.5) is 5.69 Å². The SMILES string of the molecule is CC(C)(C)[C@H](N)C(=O)Nc1cccc(Cn2nc3ccccn3c2=O)c1. The minimum atomic E-state index is -0.618. The molecule has 0 saturated heterocycles. The zero-order valence-electron chi connectivity index (χ0n) is 15.1. The molecule has 0 aliphatic rings. The summed E-state index contributed by atoms with van der Waals surface area (Å²) in [6.45, 7) is 6.08. The third kappa shape index (κ3) is 3.67. The number of nitrogens with zero attached hydrogens (tertiary/aromatic N) is 3. The molecule has 0 radical (unpaired) electrons. The van der Waals surface area contributed by atoms with E-state index >= 15 is 0 Å². The van der Waals surface area contributed by atoms with Crippen molar-refractivity contribution in [2.75, 3.05) is 5.32 Å². The van der Waals surface area contributed by atoms with Crippen LogP contribution in [0, 0.1) is 5.41 Å². The number of carbonyl (C=O) groups is 1. The number of rotatable bonds is 4. The predicted molar refractivity (Wildman–Crippen MR) is 101 cm³/mol. The van der Waals surface area contributed by atoms with Crippen LogP contribution in [0.25, 0.3) is 5.65 Å². The highest BCUT2D eigenvalue weighted by molar-refractivity contribution is 5.95. The molecule has 0 saturated carbocycles. The summed E-state index contributed by atoms with van der Waals surface area (Å²) in [7, 11) is 0. The lowest BCUT2D eigenvalue weighted by molar-refractivity contribution is -0.119. The zero-order valence-corrected chi connectivity index (χ0v) is 15.1. The fourth-order valence-electron chi connectivity index (χ4n) is 2.60. The second kappa shape index (κ2) is 6.76. The molecule has 0 fully saturated rings. The number of hydrogen-bond acceptors (Lipinski definition) is 4. The molecule has 0 spiro atoms. The molecule has 1 amide bonds. The Labute approximate surface area is 151 Å². The maximum Gasteiger partial charge on any atom is 0.350 e. The van der Waals surface area contributed by atoms with Crippen LogP contribution in [0.1, 0.15) is 26.3 Å². The number of nitrogens with one attached hydrogen (secondary N) is 1. The normalized spacial score (nSPS) is 12.9. The number of aromatic nitrogens is 3. The van der Waals surface area contributed by atoms with Crippen molar-refractivity contribution in [2.45, 2.75) is 33.4 Å². The van der Waals surface area contributed by atoms with E-state index in [-0.39, 0.29) is 17.0 Å². The molecule has 7 heteroatoms. The van der Waals surface area contributed by atoms with E-state index in [1.54, 1.807) is 24.4 Å². The average molecular weight is 353 g/mol. The first-order valence-corrected chi connectivity index (χ1v) is 8.45. The minimum Gasteiger partial charge on any atom is -0.325 e. The summed E-state index contributed by atoms with van der Waals surface area (Å²) >= 11 is 0. The second-order valence-electron chi connectivity index (χ2n) is 7.40. The third-order valence-electron chi connectivity index (χ3n) is 4.23. The van der Waals surface area contributed by atoms with E-state index in [0.29, 0.717) is 17.9 Å². The summed E-state index contributed by atoms with van der Waals surface area (Å²) in [5, 5.41) is 7.16. The summed E-state index contributed by atoms with van der Waals surface area (Å²) in [5.41, 5.74) is 7.56. The van der Waals surface area contributed by atoms with Crippen molar-refractivity contribution >= 4 is 17.2 Å².